The van der Waals surface area contributed by atoms with Gasteiger partial charge in [0.25, 0.3) is 0 Å². The molecule has 0 saturated heterocycles. The third-order valence-corrected chi connectivity index (χ3v) is 4.97. The molecule has 0 heterocycles. The lowest BCUT2D eigenvalue weighted by Gasteiger charge is -2.48. The predicted molar refractivity (Wildman–Crippen MR) is 85.4 cm³/mol. The first-order valence-electron chi connectivity index (χ1n) is 8.56. The molecule has 1 fully saturated rings. The molecule has 0 atom stereocenters. The van der Waals surface area contributed by atoms with Gasteiger partial charge in [-0.2, -0.15) is 0 Å². The fourth-order valence-corrected chi connectivity index (χ4v) is 3.85. The zero-order valence-corrected chi connectivity index (χ0v) is 13.8. The van der Waals surface area contributed by atoms with Gasteiger partial charge < -0.3 is 5.73 Å². The SMILES string of the molecule is CCC(CC)N(CC(C)C)C1(CN)CCCCCC1. The molecular weight excluding hydrogens is 232 g/mol. The maximum absolute atomic E-state index is 6.29. The highest BCUT2D eigenvalue weighted by Gasteiger charge is 2.38. The lowest BCUT2D eigenvalue weighted by molar-refractivity contribution is 0.0203. The largest absolute Gasteiger partial charge is 0.329 e. The Hall–Kier alpha value is -0.0800. The van der Waals surface area contributed by atoms with Crippen LogP contribution in [0.2, 0.25) is 0 Å². The number of hydrogen-bond donors (Lipinski definition) is 1. The van der Waals surface area contributed by atoms with Crippen LogP contribution in [0, 0.1) is 5.92 Å². The monoisotopic (exact) mass is 268 g/mol. The summed E-state index contributed by atoms with van der Waals surface area (Å²) in [6.45, 7) is 11.4. The molecule has 2 heteroatoms. The highest BCUT2D eigenvalue weighted by Crippen LogP contribution is 2.35. The number of nitrogens with zero attached hydrogens (tertiary/aromatic N) is 1. The first kappa shape index (κ1) is 17.0. The summed E-state index contributed by atoms with van der Waals surface area (Å²) in [5.41, 5.74) is 6.58. The molecule has 0 amide bonds. The summed E-state index contributed by atoms with van der Waals surface area (Å²) in [5.74, 6) is 0.729. The van der Waals surface area contributed by atoms with E-state index in [-0.39, 0.29) is 5.54 Å². The Labute approximate surface area is 121 Å². The molecule has 0 radical (unpaired) electrons. The second kappa shape index (κ2) is 8.26. The van der Waals surface area contributed by atoms with Crippen LogP contribution < -0.4 is 5.73 Å². The van der Waals surface area contributed by atoms with E-state index in [0.717, 1.165) is 12.5 Å². The molecule has 1 rings (SSSR count). The average Bonchev–Trinajstić information content (AvgIpc) is 2.64. The van der Waals surface area contributed by atoms with Crippen molar-refractivity contribution in [3.8, 4) is 0 Å². The molecule has 1 saturated carbocycles. The Balaban J connectivity index is 2.95. The van der Waals surface area contributed by atoms with Gasteiger partial charge in [0.2, 0.25) is 0 Å². The van der Waals surface area contributed by atoms with Gasteiger partial charge in [0.15, 0.2) is 0 Å². The van der Waals surface area contributed by atoms with Crippen LogP contribution >= 0.6 is 0 Å². The van der Waals surface area contributed by atoms with Gasteiger partial charge in [-0.3, -0.25) is 4.90 Å². The summed E-state index contributed by atoms with van der Waals surface area (Å²) < 4.78 is 0. The Morgan fingerprint density at radius 2 is 1.53 bits per heavy atom. The second-order valence-corrected chi connectivity index (χ2v) is 6.86. The molecule has 1 aliphatic carbocycles. The lowest BCUT2D eigenvalue weighted by Crippen LogP contribution is -2.58. The molecule has 0 spiro atoms. The van der Waals surface area contributed by atoms with E-state index in [1.807, 2.05) is 0 Å². The van der Waals surface area contributed by atoms with Crippen LogP contribution in [0.5, 0.6) is 0 Å². The fraction of sp³-hybridized carbons (Fsp3) is 1.00. The zero-order chi connectivity index (χ0) is 14.3. The molecule has 2 nitrogen and oxygen atoms in total. The molecule has 1 aliphatic rings. The Kier molecular flexibility index (Phi) is 7.38. The molecule has 2 N–H and O–H groups in total. The fourth-order valence-electron chi connectivity index (χ4n) is 3.85. The van der Waals surface area contributed by atoms with E-state index in [9.17, 15) is 0 Å². The highest BCUT2D eigenvalue weighted by molar-refractivity contribution is 4.96. The van der Waals surface area contributed by atoms with Crippen LogP contribution in [-0.4, -0.2) is 29.6 Å². The first-order valence-corrected chi connectivity index (χ1v) is 8.56. The molecule has 0 aromatic rings. The van der Waals surface area contributed by atoms with Gasteiger partial charge in [-0.15, -0.1) is 0 Å². The Morgan fingerprint density at radius 3 is 1.89 bits per heavy atom. The van der Waals surface area contributed by atoms with E-state index in [4.69, 9.17) is 5.73 Å². The third kappa shape index (κ3) is 4.46. The molecule has 0 aromatic carbocycles. The van der Waals surface area contributed by atoms with Gasteiger partial charge in [0.05, 0.1) is 0 Å². The second-order valence-electron chi connectivity index (χ2n) is 6.86. The van der Waals surface area contributed by atoms with Crippen molar-refractivity contribution in [2.75, 3.05) is 13.1 Å². The zero-order valence-electron chi connectivity index (χ0n) is 13.8. The number of nitrogens with two attached hydrogens (primary N) is 1. The van der Waals surface area contributed by atoms with Crippen molar-refractivity contribution in [3.05, 3.63) is 0 Å². The minimum atomic E-state index is 0.289. The molecular formula is C17H36N2. The predicted octanol–water partition coefficient (Wildman–Crippen LogP) is 4.18. The Bertz CT molecular complexity index is 225. The molecule has 0 aromatic heterocycles. The van der Waals surface area contributed by atoms with E-state index in [2.05, 4.69) is 32.6 Å². The number of hydrogen-bond acceptors (Lipinski definition) is 2. The molecule has 0 bridgehead atoms. The summed E-state index contributed by atoms with van der Waals surface area (Å²) in [6.07, 6.45) is 10.7. The van der Waals surface area contributed by atoms with Crippen LogP contribution in [-0.2, 0) is 0 Å². The standard InChI is InChI=1S/C17H36N2/c1-5-16(6-2)19(13-15(3)4)17(14-18)11-9-7-8-10-12-17/h15-16H,5-14,18H2,1-4H3. The molecule has 114 valence electrons. The minimum Gasteiger partial charge on any atom is -0.329 e. The van der Waals surface area contributed by atoms with E-state index in [1.165, 1.54) is 57.9 Å². The maximum Gasteiger partial charge on any atom is 0.0334 e. The van der Waals surface area contributed by atoms with Crippen molar-refractivity contribution in [1.82, 2.24) is 4.90 Å². The number of rotatable bonds is 7. The van der Waals surface area contributed by atoms with Gasteiger partial charge in [-0.1, -0.05) is 53.4 Å². The van der Waals surface area contributed by atoms with E-state index in [0.29, 0.717) is 6.04 Å². The van der Waals surface area contributed by atoms with Gasteiger partial charge in [-0.25, -0.2) is 0 Å². The van der Waals surface area contributed by atoms with Crippen molar-refractivity contribution in [3.63, 3.8) is 0 Å². The van der Waals surface area contributed by atoms with Crippen molar-refractivity contribution >= 4 is 0 Å². The van der Waals surface area contributed by atoms with Crippen molar-refractivity contribution in [2.45, 2.75) is 90.6 Å². The van der Waals surface area contributed by atoms with Crippen molar-refractivity contribution in [1.29, 1.82) is 0 Å². The molecule has 19 heavy (non-hydrogen) atoms. The van der Waals surface area contributed by atoms with Gasteiger partial charge in [0, 0.05) is 24.7 Å². The van der Waals surface area contributed by atoms with E-state index < -0.39 is 0 Å². The maximum atomic E-state index is 6.29. The summed E-state index contributed by atoms with van der Waals surface area (Å²) in [4.78, 5) is 2.81. The summed E-state index contributed by atoms with van der Waals surface area (Å²) >= 11 is 0. The minimum absolute atomic E-state index is 0.289. The smallest absolute Gasteiger partial charge is 0.0334 e. The van der Waals surface area contributed by atoms with Gasteiger partial charge in [-0.05, 0) is 31.6 Å². The van der Waals surface area contributed by atoms with Crippen LogP contribution in [0.1, 0.15) is 79.1 Å². The van der Waals surface area contributed by atoms with Crippen LogP contribution in [0.3, 0.4) is 0 Å². The molecule has 0 aliphatic heterocycles. The average molecular weight is 268 g/mol. The van der Waals surface area contributed by atoms with Crippen LogP contribution in [0.25, 0.3) is 0 Å². The first-order chi connectivity index (χ1) is 9.09. The lowest BCUT2D eigenvalue weighted by atomic mass is 9.85. The van der Waals surface area contributed by atoms with E-state index in [1.54, 1.807) is 0 Å². The molecule has 0 unspecified atom stereocenters. The Morgan fingerprint density at radius 1 is 1.00 bits per heavy atom. The quantitative estimate of drug-likeness (QED) is 0.702. The van der Waals surface area contributed by atoms with Crippen LogP contribution in [0.15, 0.2) is 0 Å². The summed E-state index contributed by atoms with van der Waals surface area (Å²) in [7, 11) is 0. The van der Waals surface area contributed by atoms with E-state index >= 15 is 0 Å². The van der Waals surface area contributed by atoms with Crippen molar-refractivity contribution in [2.24, 2.45) is 11.7 Å². The van der Waals surface area contributed by atoms with Gasteiger partial charge >= 0.3 is 0 Å². The summed E-state index contributed by atoms with van der Waals surface area (Å²) in [6, 6.07) is 0.712. The van der Waals surface area contributed by atoms with Crippen molar-refractivity contribution < 1.29 is 0 Å². The van der Waals surface area contributed by atoms with Gasteiger partial charge in [0.1, 0.15) is 0 Å². The normalized spacial score (nSPS) is 20.2. The highest BCUT2D eigenvalue weighted by atomic mass is 15.2. The summed E-state index contributed by atoms with van der Waals surface area (Å²) in [5, 5.41) is 0. The topological polar surface area (TPSA) is 29.3 Å². The third-order valence-electron chi connectivity index (χ3n) is 4.97. The van der Waals surface area contributed by atoms with Crippen LogP contribution in [0.4, 0.5) is 0 Å².